The van der Waals surface area contributed by atoms with Crippen LogP contribution in [0.25, 0.3) is 0 Å². The number of nitrogens with one attached hydrogen (secondary N) is 1. The molecule has 120 valence electrons. The van der Waals surface area contributed by atoms with Gasteiger partial charge in [0.15, 0.2) is 0 Å². The number of pyridine rings is 1. The maximum atomic E-state index is 12.6. The number of likely N-dealkylation sites (tertiary alicyclic amines) is 1. The molecule has 1 fully saturated rings. The average Bonchev–Trinajstić information content (AvgIpc) is 2.56. The third-order valence-electron chi connectivity index (χ3n) is 4.06. The summed E-state index contributed by atoms with van der Waals surface area (Å²) in [5, 5.41) is 3.28. The number of benzene rings is 1. The van der Waals surface area contributed by atoms with E-state index in [2.05, 4.69) is 33.2 Å². The summed E-state index contributed by atoms with van der Waals surface area (Å²) in [4.78, 5) is 18.8. The first-order valence-electron chi connectivity index (χ1n) is 7.89. The highest BCUT2D eigenvalue weighted by Crippen LogP contribution is 2.21. The van der Waals surface area contributed by atoms with Crippen LogP contribution < -0.4 is 5.32 Å². The van der Waals surface area contributed by atoms with E-state index in [-0.39, 0.29) is 5.91 Å². The van der Waals surface area contributed by atoms with E-state index in [4.69, 9.17) is 0 Å². The molecule has 1 aliphatic heterocycles. The molecule has 1 amide bonds. The normalized spacial score (nSPS) is 17.8. The SMILES string of the molecule is CC1CCCN(C(=O)c2cncc(Nc3ccc(Br)cc3)c2)C1. The topological polar surface area (TPSA) is 45.2 Å². The van der Waals surface area contributed by atoms with Crippen LogP contribution in [0.15, 0.2) is 47.2 Å². The number of amides is 1. The molecular formula is C18H20BrN3O. The van der Waals surface area contributed by atoms with E-state index in [1.807, 2.05) is 35.2 Å². The number of carbonyl (C=O) groups is 1. The fraction of sp³-hybridized carbons (Fsp3) is 0.333. The van der Waals surface area contributed by atoms with Crippen molar-refractivity contribution >= 4 is 33.2 Å². The van der Waals surface area contributed by atoms with Crippen LogP contribution in [0.4, 0.5) is 11.4 Å². The molecule has 3 rings (SSSR count). The van der Waals surface area contributed by atoms with E-state index in [9.17, 15) is 4.79 Å². The summed E-state index contributed by atoms with van der Waals surface area (Å²) in [5.41, 5.74) is 2.43. The summed E-state index contributed by atoms with van der Waals surface area (Å²) in [6.07, 6.45) is 5.66. The third-order valence-corrected chi connectivity index (χ3v) is 4.59. The Balaban J connectivity index is 1.74. The van der Waals surface area contributed by atoms with Crippen molar-refractivity contribution in [1.29, 1.82) is 0 Å². The first-order chi connectivity index (χ1) is 11.1. The van der Waals surface area contributed by atoms with Crippen molar-refractivity contribution in [2.45, 2.75) is 19.8 Å². The number of carbonyl (C=O) groups excluding carboxylic acids is 1. The summed E-state index contributed by atoms with van der Waals surface area (Å²) in [6.45, 7) is 3.87. The minimum atomic E-state index is 0.0727. The molecule has 1 aromatic carbocycles. The Labute approximate surface area is 145 Å². The van der Waals surface area contributed by atoms with Crippen LogP contribution in [0, 0.1) is 5.92 Å². The van der Waals surface area contributed by atoms with Crippen LogP contribution in [0.3, 0.4) is 0 Å². The van der Waals surface area contributed by atoms with Crippen molar-refractivity contribution in [3.05, 3.63) is 52.8 Å². The number of rotatable bonds is 3. The van der Waals surface area contributed by atoms with Gasteiger partial charge < -0.3 is 10.2 Å². The lowest BCUT2D eigenvalue weighted by atomic mass is 10.00. The van der Waals surface area contributed by atoms with Gasteiger partial charge in [0, 0.05) is 29.4 Å². The van der Waals surface area contributed by atoms with E-state index in [1.165, 1.54) is 6.42 Å². The summed E-state index contributed by atoms with van der Waals surface area (Å²) < 4.78 is 1.03. The smallest absolute Gasteiger partial charge is 0.255 e. The number of piperidine rings is 1. The number of anilines is 2. The van der Waals surface area contributed by atoms with Gasteiger partial charge in [-0.2, -0.15) is 0 Å². The van der Waals surface area contributed by atoms with Crippen LogP contribution in [-0.4, -0.2) is 28.9 Å². The van der Waals surface area contributed by atoms with Gasteiger partial charge in [0.2, 0.25) is 0 Å². The van der Waals surface area contributed by atoms with Crippen LogP contribution in [0.2, 0.25) is 0 Å². The van der Waals surface area contributed by atoms with Crippen molar-refractivity contribution in [2.24, 2.45) is 5.92 Å². The summed E-state index contributed by atoms with van der Waals surface area (Å²) in [7, 11) is 0. The lowest BCUT2D eigenvalue weighted by molar-refractivity contribution is 0.0682. The quantitative estimate of drug-likeness (QED) is 0.863. The molecular weight excluding hydrogens is 354 g/mol. The van der Waals surface area contributed by atoms with Crippen LogP contribution in [0.1, 0.15) is 30.1 Å². The lowest BCUT2D eigenvalue weighted by Gasteiger charge is -2.31. The molecule has 0 saturated carbocycles. The van der Waals surface area contributed by atoms with Gasteiger partial charge in [-0.1, -0.05) is 22.9 Å². The van der Waals surface area contributed by atoms with Gasteiger partial charge in [-0.3, -0.25) is 9.78 Å². The van der Waals surface area contributed by atoms with Gasteiger partial charge >= 0.3 is 0 Å². The second-order valence-corrected chi connectivity index (χ2v) is 7.01. The standard InChI is InChI=1S/C18H20BrN3O/c1-13-3-2-8-22(12-13)18(23)14-9-17(11-20-10-14)21-16-6-4-15(19)5-7-16/h4-7,9-11,13,21H,2-3,8,12H2,1H3. The van der Waals surface area contributed by atoms with Crippen molar-refractivity contribution in [3.8, 4) is 0 Å². The molecule has 2 heterocycles. The molecule has 1 N–H and O–H groups in total. The molecule has 2 aromatic rings. The van der Waals surface area contributed by atoms with Gasteiger partial charge in [0.05, 0.1) is 17.4 Å². The molecule has 0 spiro atoms. The van der Waals surface area contributed by atoms with Crippen LogP contribution in [-0.2, 0) is 0 Å². The second kappa shape index (κ2) is 7.13. The zero-order valence-corrected chi connectivity index (χ0v) is 14.7. The second-order valence-electron chi connectivity index (χ2n) is 6.09. The van der Waals surface area contributed by atoms with Crippen molar-refractivity contribution in [1.82, 2.24) is 9.88 Å². The Morgan fingerprint density at radius 2 is 2.04 bits per heavy atom. The summed E-state index contributed by atoms with van der Waals surface area (Å²) in [6, 6.07) is 9.77. The first-order valence-corrected chi connectivity index (χ1v) is 8.68. The van der Waals surface area contributed by atoms with Gasteiger partial charge in [-0.05, 0) is 49.1 Å². The molecule has 1 aromatic heterocycles. The van der Waals surface area contributed by atoms with Gasteiger partial charge in [-0.15, -0.1) is 0 Å². The molecule has 4 nitrogen and oxygen atoms in total. The largest absolute Gasteiger partial charge is 0.354 e. The first kappa shape index (κ1) is 16.0. The summed E-state index contributed by atoms with van der Waals surface area (Å²) >= 11 is 3.42. The van der Waals surface area contributed by atoms with E-state index in [1.54, 1.807) is 12.4 Å². The molecule has 5 heteroatoms. The van der Waals surface area contributed by atoms with Crippen molar-refractivity contribution in [2.75, 3.05) is 18.4 Å². The van der Waals surface area contributed by atoms with Crippen LogP contribution in [0.5, 0.6) is 0 Å². The molecule has 1 atom stereocenters. The minimum Gasteiger partial charge on any atom is -0.354 e. The Kier molecular flexibility index (Phi) is 4.96. The maximum absolute atomic E-state index is 12.6. The molecule has 1 aliphatic rings. The minimum absolute atomic E-state index is 0.0727. The summed E-state index contributed by atoms with van der Waals surface area (Å²) in [5.74, 6) is 0.647. The molecule has 0 bridgehead atoms. The average molecular weight is 374 g/mol. The Bertz CT molecular complexity index is 687. The lowest BCUT2D eigenvalue weighted by Crippen LogP contribution is -2.39. The predicted octanol–water partition coefficient (Wildman–Crippen LogP) is 4.46. The molecule has 23 heavy (non-hydrogen) atoms. The molecule has 0 aliphatic carbocycles. The number of halogens is 1. The number of aromatic nitrogens is 1. The third kappa shape index (κ3) is 4.10. The Morgan fingerprint density at radius 1 is 1.26 bits per heavy atom. The Hall–Kier alpha value is -1.88. The Morgan fingerprint density at radius 3 is 2.78 bits per heavy atom. The van der Waals surface area contributed by atoms with E-state index in [0.717, 1.165) is 35.4 Å². The van der Waals surface area contributed by atoms with Crippen molar-refractivity contribution < 1.29 is 4.79 Å². The fourth-order valence-corrected chi connectivity index (χ4v) is 3.15. The molecule has 0 radical (unpaired) electrons. The number of nitrogens with zero attached hydrogens (tertiary/aromatic N) is 2. The zero-order chi connectivity index (χ0) is 16.2. The van der Waals surface area contributed by atoms with E-state index >= 15 is 0 Å². The highest BCUT2D eigenvalue weighted by molar-refractivity contribution is 9.10. The van der Waals surface area contributed by atoms with E-state index < -0.39 is 0 Å². The maximum Gasteiger partial charge on any atom is 0.255 e. The van der Waals surface area contributed by atoms with Gasteiger partial charge in [-0.25, -0.2) is 0 Å². The number of hydrogen-bond acceptors (Lipinski definition) is 3. The molecule has 1 saturated heterocycles. The molecule has 1 unspecified atom stereocenters. The highest BCUT2D eigenvalue weighted by atomic mass is 79.9. The van der Waals surface area contributed by atoms with Gasteiger partial charge in [0.1, 0.15) is 0 Å². The zero-order valence-electron chi connectivity index (χ0n) is 13.1. The van der Waals surface area contributed by atoms with E-state index in [0.29, 0.717) is 11.5 Å². The monoisotopic (exact) mass is 373 g/mol. The van der Waals surface area contributed by atoms with Crippen LogP contribution >= 0.6 is 15.9 Å². The number of hydrogen-bond donors (Lipinski definition) is 1. The highest BCUT2D eigenvalue weighted by Gasteiger charge is 2.22. The predicted molar refractivity (Wildman–Crippen MR) is 96.0 cm³/mol. The fourth-order valence-electron chi connectivity index (χ4n) is 2.88. The van der Waals surface area contributed by atoms with Gasteiger partial charge in [0.25, 0.3) is 5.91 Å². The van der Waals surface area contributed by atoms with Crippen molar-refractivity contribution in [3.63, 3.8) is 0 Å².